The lowest BCUT2D eigenvalue weighted by molar-refractivity contribution is -0.148. The summed E-state index contributed by atoms with van der Waals surface area (Å²) in [4.78, 5) is 36.3. The quantitative estimate of drug-likeness (QED) is 0.396. The van der Waals surface area contributed by atoms with E-state index in [9.17, 15) is 24.6 Å². The average molecular weight is 443 g/mol. The third kappa shape index (κ3) is 7.39. The Morgan fingerprint density at radius 1 is 1.06 bits per heavy atom. The van der Waals surface area contributed by atoms with Crippen LogP contribution in [0.25, 0.3) is 0 Å². The monoisotopic (exact) mass is 442 g/mol. The molecule has 172 valence electrons. The number of carboxylic acid groups (broad SMARTS) is 1. The SMILES string of the molecule is CCCCOC(=O)Nc1cc(C(=O)N[C@H](Cc2ccccc2)[C@@H](O)C(=O)O)ccc1CC. The molecule has 0 aliphatic carbocycles. The Morgan fingerprint density at radius 2 is 1.78 bits per heavy atom. The Bertz CT molecular complexity index is 916. The summed E-state index contributed by atoms with van der Waals surface area (Å²) >= 11 is 0. The van der Waals surface area contributed by atoms with Crippen molar-refractivity contribution in [3.05, 3.63) is 65.2 Å². The zero-order valence-corrected chi connectivity index (χ0v) is 18.3. The van der Waals surface area contributed by atoms with Crippen molar-refractivity contribution < 1.29 is 29.3 Å². The normalized spacial score (nSPS) is 12.5. The number of hydrogen-bond acceptors (Lipinski definition) is 5. The summed E-state index contributed by atoms with van der Waals surface area (Å²) in [5.74, 6) is -1.99. The Hall–Kier alpha value is -3.39. The number of aryl methyl sites for hydroxylation is 1. The van der Waals surface area contributed by atoms with Gasteiger partial charge in [-0.25, -0.2) is 9.59 Å². The van der Waals surface area contributed by atoms with Gasteiger partial charge >= 0.3 is 12.1 Å². The first-order chi connectivity index (χ1) is 15.3. The number of carboxylic acids is 1. The minimum atomic E-state index is -1.78. The number of aliphatic carboxylic acids is 1. The maximum Gasteiger partial charge on any atom is 0.411 e. The second-order valence-corrected chi connectivity index (χ2v) is 7.39. The highest BCUT2D eigenvalue weighted by molar-refractivity contribution is 5.97. The largest absolute Gasteiger partial charge is 0.479 e. The number of hydrogen-bond donors (Lipinski definition) is 4. The highest BCUT2D eigenvalue weighted by atomic mass is 16.5. The molecule has 0 unspecified atom stereocenters. The number of rotatable bonds is 11. The second-order valence-electron chi connectivity index (χ2n) is 7.39. The van der Waals surface area contributed by atoms with Crippen LogP contribution in [0.1, 0.15) is 48.2 Å². The average Bonchev–Trinajstić information content (AvgIpc) is 2.78. The minimum Gasteiger partial charge on any atom is -0.479 e. The minimum absolute atomic E-state index is 0.141. The van der Waals surface area contributed by atoms with E-state index in [1.54, 1.807) is 36.4 Å². The van der Waals surface area contributed by atoms with Gasteiger partial charge in [0, 0.05) is 11.3 Å². The van der Waals surface area contributed by atoms with Crippen LogP contribution >= 0.6 is 0 Å². The maximum absolute atomic E-state index is 12.9. The molecule has 0 spiro atoms. The predicted octanol–water partition coefficient (Wildman–Crippen LogP) is 3.38. The molecular formula is C24H30N2O6. The Morgan fingerprint density at radius 3 is 2.41 bits per heavy atom. The van der Waals surface area contributed by atoms with E-state index in [4.69, 9.17) is 4.74 Å². The van der Waals surface area contributed by atoms with Crippen molar-refractivity contribution in [1.29, 1.82) is 0 Å². The van der Waals surface area contributed by atoms with Crippen LogP contribution in [-0.2, 0) is 22.4 Å². The topological polar surface area (TPSA) is 125 Å². The lowest BCUT2D eigenvalue weighted by atomic mass is 10.00. The number of carbonyl (C=O) groups excluding carboxylic acids is 2. The van der Waals surface area contributed by atoms with E-state index in [0.717, 1.165) is 24.0 Å². The van der Waals surface area contributed by atoms with Crippen LogP contribution in [0, 0.1) is 0 Å². The van der Waals surface area contributed by atoms with Gasteiger partial charge in [-0.15, -0.1) is 0 Å². The molecule has 0 radical (unpaired) electrons. The van der Waals surface area contributed by atoms with E-state index >= 15 is 0 Å². The van der Waals surface area contributed by atoms with Gasteiger partial charge in [0.05, 0.1) is 12.6 Å². The smallest absolute Gasteiger partial charge is 0.411 e. The number of ether oxygens (including phenoxy) is 1. The van der Waals surface area contributed by atoms with Crippen molar-refractivity contribution in [2.45, 2.75) is 51.7 Å². The number of unbranched alkanes of at least 4 members (excludes halogenated alkanes) is 1. The van der Waals surface area contributed by atoms with Gasteiger partial charge in [0.1, 0.15) is 0 Å². The lowest BCUT2D eigenvalue weighted by Gasteiger charge is -2.22. The number of aliphatic hydroxyl groups excluding tert-OH is 1. The van der Waals surface area contributed by atoms with Crippen LogP contribution in [0.15, 0.2) is 48.5 Å². The molecule has 4 N–H and O–H groups in total. The van der Waals surface area contributed by atoms with Crippen LogP contribution in [0.3, 0.4) is 0 Å². The van der Waals surface area contributed by atoms with Crippen LogP contribution in [0.5, 0.6) is 0 Å². The molecule has 0 aromatic heterocycles. The molecule has 2 aromatic carbocycles. The fraction of sp³-hybridized carbons (Fsp3) is 0.375. The van der Waals surface area contributed by atoms with Crippen molar-refractivity contribution in [2.24, 2.45) is 0 Å². The van der Waals surface area contributed by atoms with Gasteiger partial charge in [0.15, 0.2) is 6.10 Å². The molecule has 0 heterocycles. The van der Waals surface area contributed by atoms with Crippen LogP contribution in [0.2, 0.25) is 0 Å². The molecule has 0 saturated carbocycles. The van der Waals surface area contributed by atoms with Gasteiger partial charge < -0.3 is 20.3 Å². The third-order valence-electron chi connectivity index (χ3n) is 4.97. The first-order valence-corrected chi connectivity index (χ1v) is 10.7. The third-order valence-corrected chi connectivity index (χ3v) is 4.97. The predicted molar refractivity (Wildman–Crippen MR) is 121 cm³/mol. The van der Waals surface area contributed by atoms with E-state index in [1.807, 2.05) is 19.9 Å². The fourth-order valence-corrected chi connectivity index (χ4v) is 3.13. The molecule has 2 rings (SSSR count). The molecule has 0 saturated heterocycles. The number of carbonyl (C=O) groups is 3. The van der Waals surface area contributed by atoms with Crippen molar-refractivity contribution in [3.63, 3.8) is 0 Å². The summed E-state index contributed by atoms with van der Waals surface area (Å²) in [5, 5.41) is 24.6. The Kier molecular flexibility index (Phi) is 9.69. The first-order valence-electron chi connectivity index (χ1n) is 10.7. The Balaban J connectivity index is 2.18. The first kappa shape index (κ1) is 24.9. The highest BCUT2D eigenvalue weighted by Crippen LogP contribution is 2.20. The van der Waals surface area contributed by atoms with Gasteiger partial charge in [-0.2, -0.15) is 0 Å². The number of benzene rings is 2. The molecule has 2 atom stereocenters. The standard InChI is InChI=1S/C24H30N2O6/c1-3-5-13-32-24(31)26-19-15-18(12-11-17(19)4-2)22(28)25-20(21(27)23(29)30)14-16-9-7-6-8-10-16/h6-12,15,20-21,27H,3-5,13-14H2,1-2H3,(H,25,28)(H,26,31)(H,29,30)/t20-,21-/m1/s1. The van der Waals surface area contributed by atoms with Gasteiger partial charge in [-0.3, -0.25) is 10.1 Å². The van der Waals surface area contributed by atoms with E-state index in [-0.39, 0.29) is 12.0 Å². The summed E-state index contributed by atoms with van der Waals surface area (Å²) in [7, 11) is 0. The Labute approximate surface area is 187 Å². The molecule has 8 heteroatoms. The van der Waals surface area contributed by atoms with Gasteiger partial charge in [0.2, 0.25) is 0 Å². The molecule has 8 nitrogen and oxygen atoms in total. The summed E-state index contributed by atoms with van der Waals surface area (Å²) in [6.45, 7) is 4.21. The molecule has 2 amide bonds. The van der Waals surface area contributed by atoms with E-state index in [2.05, 4.69) is 10.6 Å². The zero-order valence-electron chi connectivity index (χ0n) is 18.3. The number of aliphatic hydroxyl groups is 1. The second kappa shape index (κ2) is 12.5. The van der Waals surface area contributed by atoms with E-state index in [1.165, 1.54) is 6.07 Å². The molecule has 32 heavy (non-hydrogen) atoms. The molecule has 2 aromatic rings. The summed E-state index contributed by atoms with van der Waals surface area (Å²) in [6, 6.07) is 12.8. The summed E-state index contributed by atoms with van der Waals surface area (Å²) in [5.41, 5.74) is 2.26. The van der Waals surface area contributed by atoms with Gasteiger partial charge in [-0.05, 0) is 42.5 Å². The van der Waals surface area contributed by atoms with Crippen molar-refractivity contribution in [3.8, 4) is 0 Å². The molecule has 0 aliphatic rings. The van der Waals surface area contributed by atoms with Crippen LogP contribution in [-0.4, -0.2) is 46.9 Å². The van der Waals surface area contributed by atoms with Crippen molar-refractivity contribution >= 4 is 23.7 Å². The van der Waals surface area contributed by atoms with Gasteiger partial charge in [0.25, 0.3) is 5.91 Å². The van der Waals surface area contributed by atoms with E-state index in [0.29, 0.717) is 18.7 Å². The fourth-order valence-electron chi connectivity index (χ4n) is 3.13. The summed E-state index contributed by atoms with van der Waals surface area (Å²) in [6.07, 6.45) is 0.0397. The number of amides is 2. The molecule has 0 aliphatic heterocycles. The molecule has 0 bridgehead atoms. The maximum atomic E-state index is 12.9. The van der Waals surface area contributed by atoms with Gasteiger partial charge in [-0.1, -0.05) is 56.7 Å². The molecular weight excluding hydrogens is 412 g/mol. The molecule has 0 fully saturated rings. The van der Waals surface area contributed by atoms with Crippen LogP contribution in [0.4, 0.5) is 10.5 Å². The number of anilines is 1. The van der Waals surface area contributed by atoms with Crippen molar-refractivity contribution in [1.82, 2.24) is 5.32 Å². The summed E-state index contributed by atoms with van der Waals surface area (Å²) < 4.78 is 5.13. The lowest BCUT2D eigenvalue weighted by Crippen LogP contribution is -2.48. The zero-order chi connectivity index (χ0) is 23.5. The highest BCUT2D eigenvalue weighted by Gasteiger charge is 2.28. The number of nitrogens with one attached hydrogen (secondary N) is 2. The van der Waals surface area contributed by atoms with Crippen molar-refractivity contribution in [2.75, 3.05) is 11.9 Å². The van der Waals surface area contributed by atoms with E-state index < -0.39 is 30.1 Å². The van der Waals surface area contributed by atoms with Crippen LogP contribution < -0.4 is 10.6 Å².